The van der Waals surface area contributed by atoms with Crippen LogP contribution < -0.4 is 4.74 Å². The Bertz CT molecular complexity index is 537. The Balaban J connectivity index is 1.69. The van der Waals surface area contributed by atoms with E-state index in [0.717, 1.165) is 24.2 Å². The van der Waals surface area contributed by atoms with Gasteiger partial charge in [0, 0.05) is 12.3 Å². The molecule has 0 aliphatic carbocycles. The van der Waals surface area contributed by atoms with Gasteiger partial charge < -0.3 is 19.3 Å². The van der Waals surface area contributed by atoms with Gasteiger partial charge in [-0.1, -0.05) is 37.3 Å². The van der Waals surface area contributed by atoms with Crippen molar-refractivity contribution < 1.29 is 19.3 Å². The highest BCUT2D eigenvalue weighted by Crippen LogP contribution is 2.22. The Kier molecular flexibility index (Phi) is 8.19. The van der Waals surface area contributed by atoms with E-state index in [2.05, 4.69) is 18.7 Å². The van der Waals surface area contributed by atoms with E-state index in [0.29, 0.717) is 19.6 Å². The van der Waals surface area contributed by atoms with Crippen LogP contribution in [0, 0.1) is 5.92 Å². The van der Waals surface area contributed by atoms with E-state index in [4.69, 9.17) is 14.2 Å². The van der Waals surface area contributed by atoms with Crippen LogP contribution in [-0.4, -0.2) is 37.1 Å². The van der Waals surface area contributed by atoms with E-state index < -0.39 is 6.10 Å². The van der Waals surface area contributed by atoms with Crippen molar-refractivity contribution in [2.24, 2.45) is 5.92 Å². The van der Waals surface area contributed by atoms with Gasteiger partial charge in [0.25, 0.3) is 0 Å². The third kappa shape index (κ3) is 6.65. The summed E-state index contributed by atoms with van der Waals surface area (Å²) in [5.74, 6) is 0.898. The van der Waals surface area contributed by atoms with Crippen LogP contribution in [0.3, 0.4) is 0 Å². The van der Waals surface area contributed by atoms with E-state index in [1.165, 1.54) is 0 Å². The maximum Gasteiger partial charge on any atom is 0.118 e. The number of aliphatic hydroxyl groups is 1. The third-order valence-corrected chi connectivity index (χ3v) is 4.49. The topological polar surface area (TPSA) is 47.9 Å². The Morgan fingerprint density at radius 2 is 2.12 bits per heavy atom. The lowest BCUT2D eigenvalue weighted by atomic mass is 9.97. The molecule has 0 fully saturated rings. The Morgan fingerprint density at radius 1 is 1.36 bits per heavy atom. The van der Waals surface area contributed by atoms with Crippen LogP contribution >= 0.6 is 0 Å². The van der Waals surface area contributed by atoms with Crippen LogP contribution in [-0.2, 0) is 16.1 Å². The highest BCUT2D eigenvalue weighted by atomic mass is 16.5. The summed E-state index contributed by atoms with van der Waals surface area (Å²) >= 11 is 0. The van der Waals surface area contributed by atoms with Crippen molar-refractivity contribution in [2.45, 2.75) is 51.1 Å². The molecule has 4 heteroatoms. The summed E-state index contributed by atoms with van der Waals surface area (Å²) < 4.78 is 16.9. The number of hydrogen-bond donors (Lipinski definition) is 1. The molecule has 0 unspecified atom stereocenters. The molecule has 0 aromatic heterocycles. The first-order valence-electron chi connectivity index (χ1n) is 8.94. The molecule has 0 saturated heterocycles. The van der Waals surface area contributed by atoms with Gasteiger partial charge in [-0.25, -0.2) is 0 Å². The molecule has 1 aromatic carbocycles. The normalized spacial score (nSPS) is 22.4. The first kappa shape index (κ1) is 19.7. The van der Waals surface area contributed by atoms with Crippen LogP contribution in [0.2, 0.25) is 0 Å². The van der Waals surface area contributed by atoms with E-state index in [9.17, 15) is 5.11 Å². The molecule has 0 bridgehead atoms. The van der Waals surface area contributed by atoms with Crippen LogP contribution in [0.5, 0.6) is 5.75 Å². The standard InChI is InChI=1S/C21H30O4/c1-4-6-19-7-5-8-20(25-19)13-21(22)16(2)14-24-15-17-9-11-18(23-3)12-10-17/h4-5,7,9-12,16,19-22H,1,6,8,13-15H2,2-3H3/t16-,19+,20-,21-/m0/s1. The number of methoxy groups -OCH3 is 1. The quantitative estimate of drug-likeness (QED) is 0.653. The fourth-order valence-corrected chi connectivity index (χ4v) is 2.88. The molecule has 1 aromatic rings. The third-order valence-electron chi connectivity index (χ3n) is 4.49. The molecule has 1 aliphatic heterocycles. The number of aliphatic hydroxyl groups excluding tert-OH is 1. The van der Waals surface area contributed by atoms with Crippen LogP contribution in [0.4, 0.5) is 0 Å². The summed E-state index contributed by atoms with van der Waals surface area (Å²) in [6.07, 6.45) is 8.09. The lowest BCUT2D eigenvalue weighted by molar-refractivity contribution is -0.0417. The van der Waals surface area contributed by atoms with E-state index in [1.807, 2.05) is 37.3 Å². The second-order valence-electron chi connectivity index (χ2n) is 6.63. The number of hydrogen-bond acceptors (Lipinski definition) is 4. The highest BCUT2D eigenvalue weighted by Gasteiger charge is 2.23. The summed E-state index contributed by atoms with van der Waals surface area (Å²) in [6, 6.07) is 7.82. The molecule has 0 amide bonds. The van der Waals surface area contributed by atoms with Crippen molar-refractivity contribution >= 4 is 0 Å². The summed E-state index contributed by atoms with van der Waals surface area (Å²) in [5.41, 5.74) is 1.09. The maximum absolute atomic E-state index is 10.4. The molecule has 0 spiro atoms. The Labute approximate surface area is 151 Å². The minimum Gasteiger partial charge on any atom is -0.497 e. The van der Waals surface area contributed by atoms with Gasteiger partial charge in [0.1, 0.15) is 5.75 Å². The van der Waals surface area contributed by atoms with Gasteiger partial charge in [0.2, 0.25) is 0 Å². The van der Waals surface area contributed by atoms with Gasteiger partial charge >= 0.3 is 0 Å². The fraction of sp³-hybridized carbons (Fsp3) is 0.524. The van der Waals surface area contributed by atoms with Gasteiger partial charge in [-0.3, -0.25) is 0 Å². The van der Waals surface area contributed by atoms with Gasteiger partial charge in [-0.15, -0.1) is 6.58 Å². The molecule has 1 aliphatic rings. The van der Waals surface area contributed by atoms with Crippen molar-refractivity contribution in [3.63, 3.8) is 0 Å². The zero-order valence-corrected chi connectivity index (χ0v) is 15.3. The van der Waals surface area contributed by atoms with E-state index in [1.54, 1.807) is 7.11 Å². The van der Waals surface area contributed by atoms with Gasteiger partial charge in [-0.05, 0) is 30.5 Å². The largest absolute Gasteiger partial charge is 0.497 e. The van der Waals surface area contributed by atoms with Crippen LogP contribution in [0.25, 0.3) is 0 Å². The smallest absolute Gasteiger partial charge is 0.118 e. The molecule has 1 heterocycles. The maximum atomic E-state index is 10.4. The molecule has 138 valence electrons. The lowest BCUT2D eigenvalue weighted by Crippen LogP contribution is -2.31. The SMILES string of the molecule is C=CC[C@@H]1C=CC[C@@H](C[C@H](O)[C@@H](C)COCc2ccc(OC)cc2)O1. The molecule has 0 saturated carbocycles. The molecule has 2 rings (SSSR count). The first-order valence-corrected chi connectivity index (χ1v) is 8.94. The van der Waals surface area contributed by atoms with Crippen LogP contribution in [0.15, 0.2) is 49.1 Å². The molecule has 4 atom stereocenters. The molecule has 4 nitrogen and oxygen atoms in total. The van der Waals surface area contributed by atoms with E-state index in [-0.39, 0.29) is 18.1 Å². The Morgan fingerprint density at radius 3 is 2.80 bits per heavy atom. The lowest BCUT2D eigenvalue weighted by Gasteiger charge is -2.29. The molecular weight excluding hydrogens is 316 g/mol. The van der Waals surface area contributed by atoms with Crippen molar-refractivity contribution in [1.82, 2.24) is 0 Å². The average molecular weight is 346 g/mol. The van der Waals surface area contributed by atoms with Crippen molar-refractivity contribution in [2.75, 3.05) is 13.7 Å². The van der Waals surface area contributed by atoms with Crippen molar-refractivity contribution in [3.05, 3.63) is 54.6 Å². The monoisotopic (exact) mass is 346 g/mol. The zero-order valence-electron chi connectivity index (χ0n) is 15.3. The van der Waals surface area contributed by atoms with Gasteiger partial charge in [-0.2, -0.15) is 0 Å². The Hall–Kier alpha value is -1.62. The minimum atomic E-state index is -0.434. The van der Waals surface area contributed by atoms with Gasteiger partial charge in [0.15, 0.2) is 0 Å². The van der Waals surface area contributed by atoms with E-state index >= 15 is 0 Å². The summed E-state index contributed by atoms with van der Waals surface area (Å²) in [4.78, 5) is 0. The minimum absolute atomic E-state index is 0.0607. The summed E-state index contributed by atoms with van der Waals surface area (Å²) in [5, 5.41) is 10.4. The van der Waals surface area contributed by atoms with Crippen LogP contribution in [0.1, 0.15) is 31.7 Å². The zero-order chi connectivity index (χ0) is 18.1. The second-order valence-corrected chi connectivity index (χ2v) is 6.63. The summed E-state index contributed by atoms with van der Waals surface area (Å²) in [7, 11) is 1.65. The number of rotatable bonds is 10. The first-order chi connectivity index (χ1) is 12.1. The highest BCUT2D eigenvalue weighted by molar-refractivity contribution is 5.26. The molecule has 0 radical (unpaired) electrons. The molecular formula is C21H30O4. The fourth-order valence-electron chi connectivity index (χ4n) is 2.88. The van der Waals surface area contributed by atoms with Crippen molar-refractivity contribution in [1.29, 1.82) is 0 Å². The predicted molar refractivity (Wildman–Crippen MR) is 99.7 cm³/mol. The second kappa shape index (κ2) is 10.4. The predicted octanol–water partition coefficient (Wildman–Crippen LogP) is 3.89. The van der Waals surface area contributed by atoms with Crippen molar-refractivity contribution in [3.8, 4) is 5.75 Å². The number of benzene rings is 1. The number of ether oxygens (including phenoxy) is 3. The van der Waals surface area contributed by atoms with Gasteiger partial charge in [0.05, 0.1) is 38.6 Å². The molecule has 25 heavy (non-hydrogen) atoms. The molecule has 1 N–H and O–H groups in total. The average Bonchev–Trinajstić information content (AvgIpc) is 2.62. The summed E-state index contributed by atoms with van der Waals surface area (Å²) in [6.45, 7) is 6.82.